The molecule has 2 aromatic heterocycles. The lowest BCUT2D eigenvalue weighted by Gasteiger charge is -2.28. The van der Waals surface area contributed by atoms with E-state index in [1.165, 1.54) is 17.4 Å². The molecular formula is C21H22FN3O2S2. The average Bonchev–Trinajstić information content (AvgIpc) is 3.19. The highest BCUT2D eigenvalue weighted by Gasteiger charge is 2.27. The molecule has 3 aromatic rings. The molecule has 0 unspecified atom stereocenters. The summed E-state index contributed by atoms with van der Waals surface area (Å²) in [5, 5.41) is 4.74. The molecular weight excluding hydrogens is 409 g/mol. The first kappa shape index (κ1) is 20.0. The number of nitrogens with one attached hydrogen (secondary N) is 2. The van der Waals surface area contributed by atoms with Crippen molar-refractivity contribution in [2.45, 2.75) is 38.8 Å². The highest BCUT2D eigenvalue weighted by molar-refractivity contribution is 7.71. The van der Waals surface area contributed by atoms with Crippen LogP contribution in [-0.4, -0.2) is 15.5 Å². The predicted molar refractivity (Wildman–Crippen MR) is 115 cm³/mol. The third-order valence-electron chi connectivity index (χ3n) is 5.66. The number of amides is 1. The number of hydrogen-bond acceptors (Lipinski definition) is 4. The van der Waals surface area contributed by atoms with Gasteiger partial charge in [0.2, 0.25) is 5.91 Å². The van der Waals surface area contributed by atoms with Gasteiger partial charge in [-0.25, -0.2) is 4.39 Å². The highest BCUT2D eigenvalue weighted by atomic mass is 32.1. The van der Waals surface area contributed by atoms with Crippen molar-refractivity contribution in [1.29, 1.82) is 0 Å². The summed E-state index contributed by atoms with van der Waals surface area (Å²) in [7, 11) is 0. The minimum atomic E-state index is -0.304. The van der Waals surface area contributed by atoms with E-state index in [4.69, 9.17) is 12.2 Å². The number of aromatic nitrogens is 2. The number of carbonyl (C=O) groups excluding carboxylic acids is 1. The number of rotatable bonds is 5. The second-order valence-electron chi connectivity index (χ2n) is 7.54. The molecule has 1 saturated carbocycles. The minimum absolute atomic E-state index is 0.0267. The van der Waals surface area contributed by atoms with Gasteiger partial charge in [0.25, 0.3) is 5.56 Å². The maximum Gasteiger partial charge on any atom is 0.272 e. The fourth-order valence-electron chi connectivity index (χ4n) is 3.97. The predicted octanol–water partition coefficient (Wildman–Crippen LogP) is 4.38. The van der Waals surface area contributed by atoms with Crippen LogP contribution in [0.5, 0.6) is 0 Å². The fourth-order valence-corrected chi connectivity index (χ4v) is 5.04. The SMILES string of the molecule is O=C(NCc1ccccc1F)C1CCC(Cn2c(=S)[nH]c3ccsc3c2=O)CC1. The van der Waals surface area contributed by atoms with Crippen molar-refractivity contribution in [3.05, 3.63) is 62.2 Å². The van der Waals surface area contributed by atoms with E-state index < -0.39 is 0 Å². The van der Waals surface area contributed by atoms with Gasteiger partial charge in [-0.05, 0) is 61.3 Å². The maximum atomic E-state index is 13.7. The molecule has 2 N–H and O–H groups in total. The first-order valence-corrected chi connectivity index (χ1v) is 11.0. The van der Waals surface area contributed by atoms with E-state index in [1.807, 2.05) is 11.4 Å². The Bertz CT molecular complexity index is 1140. The lowest BCUT2D eigenvalue weighted by Crippen LogP contribution is -2.34. The maximum absolute atomic E-state index is 13.7. The Hall–Kier alpha value is -2.32. The van der Waals surface area contributed by atoms with E-state index in [0.717, 1.165) is 31.2 Å². The zero-order valence-corrected chi connectivity index (χ0v) is 17.5. The number of benzene rings is 1. The summed E-state index contributed by atoms with van der Waals surface area (Å²) >= 11 is 6.79. The Morgan fingerprint density at radius 3 is 2.76 bits per heavy atom. The molecule has 8 heteroatoms. The van der Waals surface area contributed by atoms with E-state index in [2.05, 4.69) is 10.3 Å². The molecule has 0 radical (unpaired) electrons. The van der Waals surface area contributed by atoms with Crippen molar-refractivity contribution in [2.24, 2.45) is 11.8 Å². The van der Waals surface area contributed by atoms with Crippen LogP contribution in [0.1, 0.15) is 31.2 Å². The summed E-state index contributed by atoms with van der Waals surface area (Å²) in [4.78, 5) is 28.3. The number of aromatic amines is 1. The van der Waals surface area contributed by atoms with Gasteiger partial charge < -0.3 is 10.3 Å². The van der Waals surface area contributed by atoms with Gasteiger partial charge in [-0.15, -0.1) is 11.3 Å². The van der Waals surface area contributed by atoms with Crippen LogP contribution in [0.3, 0.4) is 0 Å². The molecule has 2 heterocycles. The van der Waals surface area contributed by atoms with Crippen LogP contribution in [0.4, 0.5) is 4.39 Å². The lowest BCUT2D eigenvalue weighted by atomic mass is 9.81. The monoisotopic (exact) mass is 431 g/mol. The van der Waals surface area contributed by atoms with Gasteiger partial charge in [0.15, 0.2) is 4.77 Å². The molecule has 1 aromatic carbocycles. The summed E-state index contributed by atoms with van der Waals surface area (Å²) in [6.07, 6.45) is 3.25. The first-order chi connectivity index (χ1) is 14.0. The number of nitrogens with zero attached hydrogens (tertiary/aromatic N) is 1. The molecule has 5 nitrogen and oxygen atoms in total. The summed E-state index contributed by atoms with van der Waals surface area (Å²) in [5.74, 6) is -0.0813. The number of H-pyrrole nitrogens is 1. The van der Waals surface area contributed by atoms with Crippen LogP contribution >= 0.6 is 23.6 Å². The molecule has 0 bridgehead atoms. The Morgan fingerprint density at radius 2 is 2.00 bits per heavy atom. The van der Waals surface area contributed by atoms with Gasteiger partial charge in [-0.1, -0.05) is 18.2 Å². The molecule has 1 amide bonds. The van der Waals surface area contributed by atoms with E-state index in [1.54, 1.807) is 22.8 Å². The van der Waals surface area contributed by atoms with E-state index >= 15 is 0 Å². The van der Waals surface area contributed by atoms with Gasteiger partial charge in [0.05, 0.1) is 5.52 Å². The molecule has 0 saturated heterocycles. The minimum Gasteiger partial charge on any atom is -0.352 e. The van der Waals surface area contributed by atoms with Crippen molar-refractivity contribution in [3.8, 4) is 0 Å². The molecule has 1 aliphatic rings. The van der Waals surface area contributed by atoms with E-state index in [0.29, 0.717) is 27.5 Å². The van der Waals surface area contributed by atoms with Crippen molar-refractivity contribution in [3.63, 3.8) is 0 Å². The topological polar surface area (TPSA) is 66.9 Å². The summed E-state index contributed by atoms with van der Waals surface area (Å²) in [6.45, 7) is 0.780. The van der Waals surface area contributed by atoms with Gasteiger partial charge in [0.1, 0.15) is 10.5 Å². The molecule has 0 atom stereocenters. The third-order valence-corrected chi connectivity index (χ3v) is 6.89. The van der Waals surface area contributed by atoms with Crippen molar-refractivity contribution >= 4 is 39.7 Å². The third kappa shape index (κ3) is 4.33. The Labute approximate surface area is 176 Å². The largest absolute Gasteiger partial charge is 0.352 e. The van der Waals surface area contributed by atoms with Gasteiger partial charge in [0, 0.05) is 24.6 Å². The molecule has 0 spiro atoms. The number of thiophene rings is 1. The highest BCUT2D eigenvalue weighted by Crippen LogP contribution is 2.30. The first-order valence-electron chi connectivity index (χ1n) is 9.74. The van der Waals surface area contributed by atoms with Crippen molar-refractivity contribution in [1.82, 2.24) is 14.9 Å². The zero-order valence-electron chi connectivity index (χ0n) is 15.8. The fraction of sp³-hybridized carbons (Fsp3) is 0.381. The number of carbonyl (C=O) groups is 1. The second-order valence-corrected chi connectivity index (χ2v) is 8.84. The Kier molecular flexibility index (Phi) is 5.91. The zero-order chi connectivity index (χ0) is 20.4. The molecule has 4 rings (SSSR count). The van der Waals surface area contributed by atoms with Gasteiger partial charge in [-0.2, -0.15) is 0 Å². The number of halogens is 1. The Morgan fingerprint density at radius 1 is 1.24 bits per heavy atom. The molecule has 29 heavy (non-hydrogen) atoms. The molecule has 152 valence electrons. The molecule has 1 aliphatic carbocycles. The van der Waals surface area contributed by atoms with Crippen LogP contribution in [-0.2, 0) is 17.9 Å². The van der Waals surface area contributed by atoms with Crippen LogP contribution in [0.2, 0.25) is 0 Å². The number of hydrogen-bond donors (Lipinski definition) is 2. The van der Waals surface area contributed by atoms with Crippen molar-refractivity contribution < 1.29 is 9.18 Å². The van der Waals surface area contributed by atoms with Gasteiger partial charge >= 0.3 is 0 Å². The summed E-state index contributed by atoms with van der Waals surface area (Å²) in [5.41, 5.74) is 1.24. The van der Waals surface area contributed by atoms with E-state index in [-0.39, 0.29) is 29.7 Å². The second kappa shape index (κ2) is 8.59. The summed E-state index contributed by atoms with van der Waals surface area (Å²) in [6, 6.07) is 8.34. The Balaban J connectivity index is 1.34. The lowest BCUT2D eigenvalue weighted by molar-refractivity contribution is -0.126. The van der Waals surface area contributed by atoms with E-state index in [9.17, 15) is 14.0 Å². The summed E-state index contributed by atoms with van der Waals surface area (Å²) < 4.78 is 16.5. The average molecular weight is 432 g/mol. The van der Waals surface area contributed by atoms with Crippen molar-refractivity contribution in [2.75, 3.05) is 0 Å². The van der Waals surface area contributed by atoms with Crippen LogP contribution < -0.4 is 10.9 Å². The standard InChI is InChI=1S/C21H22FN3O2S2/c22-16-4-2-1-3-15(16)11-23-19(26)14-7-5-13(6-8-14)12-25-20(27)18-17(9-10-29-18)24-21(25)28/h1-4,9-10,13-14H,5-8,11-12H2,(H,23,26)(H,24,28). The van der Waals surface area contributed by atoms with Crippen LogP contribution in [0, 0.1) is 22.4 Å². The number of fused-ring (bicyclic) bond motifs is 1. The van der Waals surface area contributed by atoms with Gasteiger partial charge in [-0.3, -0.25) is 14.2 Å². The van der Waals surface area contributed by atoms with Crippen LogP contribution in [0.15, 0.2) is 40.5 Å². The normalized spacial score (nSPS) is 19.3. The smallest absolute Gasteiger partial charge is 0.272 e. The molecule has 0 aliphatic heterocycles. The van der Waals surface area contributed by atoms with Crippen LogP contribution in [0.25, 0.3) is 10.2 Å². The quantitative estimate of drug-likeness (QED) is 0.589. The molecule has 1 fully saturated rings.